The van der Waals surface area contributed by atoms with Crippen molar-refractivity contribution >= 4 is 6.29 Å². The summed E-state index contributed by atoms with van der Waals surface area (Å²) in [4.78, 5) is 12.4. The van der Waals surface area contributed by atoms with Gasteiger partial charge < -0.3 is 9.69 Å². The van der Waals surface area contributed by atoms with Crippen molar-refractivity contribution in [2.24, 2.45) is 11.8 Å². The third-order valence-electron chi connectivity index (χ3n) is 3.18. The van der Waals surface area contributed by atoms with Crippen molar-refractivity contribution in [2.45, 2.75) is 32.4 Å². The lowest BCUT2D eigenvalue weighted by molar-refractivity contribution is -0.185. The Balaban J connectivity index is 2.24. The zero-order valence-corrected chi connectivity index (χ0v) is 9.46. The second-order valence-corrected chi connectivity index (χ2v) is 4.56. The third kappa shape index (κ3) is 4.12. The number of halogens is 3. The van der Waals surface area contributed by atoms with Crippen LogP contribution in [0.5, 0.6) is 0 Å². The first-order chi connectivity index (χ1) is 7.43. The summed E-state index contributed by atoms with van der Waals surface area (Å²) >= 11 is 0. The Hall–Kier alpha value is -0.580. The fraction of sp³-hybridized carbons (Fsp3) is 0.909. The maximum absolute atomic E-state index is 12.4. The van der Waals surface area contributed by atoms with Crippen LogP contribution in [-0.2, 0) is 4.79 Å². The molecule has 1 rings (SSSR count). The highest BCUT2D eigenvalue weighted by molar-refractivity contribution is 5.52. The van der Waals surface area contributed by atoms with E-state index < -0.39 is 12.1 Å². The Morgan fingerprint density at radius 3 is 2.38 bits per heavy atom. The highest BCUT2D eigenvalue weighted by Crippen LogP contribution is 2.34. The molecule has 0 N–H and O–H groups in total. The van der Waals surface area contributed by atoms with Crippen LogP contribution in [-0.4, -0.2) is 37.0 Å². The molecule has 2 nitrogen and oxygen atoms in total. The van der Waals surface area contributed by atoms with Crippen LogP contribution in [0.3, 0.4) is 0 Å². The number of carbonyl (C=O) groups excluding carboxylic acids is 1. The van der Waals surface area contributed by atoms with E-state index >= 15 is 0 Å². The summed E-state index contributed by atoms with van der Waals surface area (Å²) < 4.78 is 37.1. The molecule has 1 heterocycles. The van der Waals surface area contributed by atoms with Gasteiger partial charge in [0.2, 0.25) is 0 Å². The lowest BCUT2D eigenvalue weighted by Crippen LogP contribution is -2.39. The highest BCUT2D eigenvalue weighted by Gasteiger charge is 2.40. The molecule has 5 heteroatoms. The quantitative estimate of drug-likeness (QED) is 0.700. The Morgan fingerprint density at radius 2 is 1.94 bits per heavy atom. The number of piperidine rings is 1. The van der Waals surface area contributed by atoms with E-state index in [-0.39, 0.29) is 18.8 Å². The first-order valence-electron chi connectivity index (χ1n) is 5.68. The van der Waals surface area contributed by atoms with E-state index in [4.69, 9.17) is 0 Å². The van der Waals surface area contributed by atoms with Crippen LogP contribution in [0.15, 0.2) is 0 Å². The minimum Gasteiger partial charge on any atom is -0.303 e. The molecule has 1 saturated heterocycles. The molecule has 1 fully saturated rings. The van der Waals surface area contributed by atoms with Gasteiger partial charge in [0, 0.05) is 5.92 Å². The summed E-state index contributed by atoms with van der Waals surface area (Å²) in [6, 6.07) is 0. The number of carbonyl (C=O) groups is 1. The number of hydrogen-bond acceptors (Lipinski definition) is 2. The number of nitrogens with zero attached hydrogens (tertiary/aromatic N) is 1. The smallest absolute Gasteiger partial charge is 0.303 e. The normalized spacial score (nSPS) is 22.0. The summed E-state index contributed by atoms with van der Waals surface area (Å²) in [7, 11) is 0. The second-order valence-electron chi connectivity index (χ2n) is 4.56. The van der Waals surface area contributed by atoms with E-state index in [0.717, 1.165) is 19.3 Å². The van der Waals surface area contributed by atoms with Gasteiger partial charge in [0.1, 0.15) is 6.29 Å². The fourth-order valence-corrected chi connectivity index (χ4v) is 1.94. The summed E-state index contributed by atoms with van der Waals surface area (Å²) in [6.45, 7) is 3.55. The van der Waals surface area contributed by atoms with Crippen molar-refractivity contribution in [2.75, 3.05) is 19.6 Å². The first-order valence-corrected chi connectivity index (χ1v) is 5.68. The van der Waals surface area contributed by atoms with E-state index in [2.05, 4.69) is 0 Å². The summed E-state index contributed by atoms with van der Waals surface area (Å²) in [5.41, 5.74) is 0. The molecule has 0 aromatic heterocycles. The van der Waals surface area contributed by atoms with Gasteiger partial charge >= 0.3 is 6.18 Å². The number of alkyl halides is 3. The Kier molecular flexibility index (Phi) is 4.77. The zero-order chi connectivity index (χ0) is 12.2. The summed E-state index contributed by atoms with van der Waals surface area (Å²) in [6.07, 6.45) is -2.03. The van der Waals surface area contributed by atoms with Crippen molar-refractivity contribution in [3.05, 3.63) is 0 Å². The lowest BCUT2D eigenvalue weighted by atomic mass is 9.96. The van der Waals surface area contributed by atoms with Gasteiger partial charge in [0.05, 0.1) is 5.92 Å². The molecule has 1 aliphatic rings. The molecule has 0 spiro atoms. The van der Waals surface area contributed by atoms with Gasteiger partial charge in [-0.1, -0.05) is 6.92 Å². The molecule has 0 aliphatic carbocycles. The van der Waals surface area contributed by atoms with Gasteiger partial charge in [-0.2, -0.15) is 13.2 Å². The number of aldehydes is 1. The van der Waals surface area contributed by atoms with Crippen LogP contribution >= 0.6 is 0 Å². The van der Waals surface area contributed by atoms with Crippen molar-refractivity contribution < 1.29 is 18.0 Å². The molecule has 94 valence electrons. The molecule has 0 bridgehead atoms. The summed E-state index contributed by atoms with van der Waals surface area (Å²) in [5.74, 6) is -1.13. The molecule has 1 unspecified atom stereocenters. The Labute approximate surface area is 93.8 Å². The molecule has 1 aliphatic heterocycles. The molecule has 0 saturated carbocycles. The number of rotatable bonds is 4. The van der Waals surface area contributed by atoms with Gasteiger partial charge in [0.15, 0.2) is 0 Å². The topological polar surface area (TPSA) is 20.3 Å². The van der Waals surface area contributed by atoms with E-state index in [1.54, 1.807) is 0 Å². The van der Waals surface area contributed by atoms with Crippen LogP contribution in [0.1, 0.15) is 26.2 Å². The standard InChI is InChI=1S/C11H18F3NO/c1-9(8-16)2-5-15-6-3-10(4-7-15)11(12,13)14/h8-10H,2-7H2,1H3. The average molecular weight is 237 g/mol. The molecule has 1 atom stereocenters. The Bertz CT molecular complexity index is 222. The van der Waals surface area contributed by atoms with E-state index in [1.807, 2.05) is 11.8 Å². The molecule has 0 radical (unpaired) electrons. The van der Waals surface area contributed by atoms with Crippen molar-refractivity contribution in [3.8, 4) is 0 Å². The van der Waals surface area contributed by atoms with Crippen molar-refractivity contribution in [3.63, 3.8) is 0 Å². The molecule has 0 amide bonds. The van der Waals surface area contributed by atoms with E-state index in [0.29, 0.717) is 13.1 Å². The fourth-order valence-electron chi connectivity index (χ4n) is 1.94. The third-order valence-corrected chi connectivity index (χ3v) is 3.18. The molecule has 0 aromatic rings. The van der Waals surface area contributed by atoms with Crippen LogP contribution in [0.2, 0.25) is 0 Å². The monoisotopic (exact) mass is 237 g/mol. The van der Waals surface area contributed by atoms with Gasteiger partial charge in [-0.25, -0.2) is 0 Å². The predicted molar refractivity (Wildman–Crippen MR) is 55.1 cm³/mol. The number of likely N-dealkylation sites (tertiary alicyclic amines) is 1. The van der Waals surface area contributed by atoms with Crippen LogP contribution < -0.4 is 0 Å². The molecular weight excluding hydrogens is 219 g/mol. The van der Waals surface area contributed by atoms with Gasteiger partial charge in [-0.15, -0.1) is 0 Å². The van der Waals surface area contributed by atoms with Crippen LogP contribution in [0.25, 0.3) is 0 Å². The molecule has 16 heavy (non-hydrogen) atoms. The molecular formula is C11H18F3NO. The Morgan fingerprint density at radius 1 is 1.38 bits per heavy atom. The average Bonchev–Trinajstić information content (AvgIpc) is 2.25. The largest absolute Gasteiger partial charge is 0.391 e. The van der Waals surface area contributed by atoms with Crippen LogP contribution in [0, 0.1) is 11.8 Å². The van der Waals surface area contributed by atoms with Crippen molar-refractivity contribution in [1.82, 2.24) is 4.90 Å². The zero-order valence-electron chi connectivity index (χ0n) is 9.46. The van der Waals surface area contributed by atoms with Gasteiger partial charge in [0.25, 0.3) is 0 Å². The number of hydrogen-bond donors (Lipinski definition) is 0. The minimum atomic E-state index is -4.04. The van der Waals surface area contributed by atoms with Crippen LogP contribution in [0.4, 0.5) is 13.2 Å². The molecule has 0 aromatic carbocycles. The SMILES string of the molecule is CC(C=O)CCN1CCC(C(F)(F)F)CC1. The van der Waals surface area contributed by atoms with Crippen molar-refractivity contribution in [1.29, 1.82) is 0 Å². The van der Waals surface area contributed by atoms with E-state index in [1.165, 1.54) is 0 Å². The highest BCUT2D eigenvalue weighted by atomic mass is 19.4. The minimum absolute atomic E-state index is 0.000314. The second kappa shape index (κ2) is 5.66. The van der Waals surface area contributed by atoms with Gasteiger partial charge in [-0.3, -0.25) is 0 Å². The lowest BCUT2D eigenvalue weighted by Gasteiger charge is -2.33. The summed E-state index contributed by atoms with van der Waals surface area (Å²) in [5, 5.41) is 0. The maximum Gasteiger partial charge on any atom is 0.391 e. The first kappa shape index (κ1) is 13.5. The van der Waals surface area contributed by atoms with E-state index in [9.17, 15) is 18.0 Å². The maximum atomic E-state index is 12.4. The predicted octanol–water partition coefficient (Wildman–Crippen LogP) is 2.49. The van der Waals surface area contributed by atoms with Gasteiger partial charge in [-0.05, 0) is 38.9 Å².